The van der Waals surface area contributed by atoms with E-state index in [0.29, 0.717) is 6.61 Å². The average Bonchev–Trinajstić information content (AvgIpc) is 2.48. The maximum Gasteiger partial charge on any atom is 0.252 e. The number of rotatable bonds is 2. The first kappa shape index (κ1) is 13.7. The van der Waals surface area contributed by atoms with Gasteiger partial charge in [-0.25, -0.2) is 0 Å². The molecule has 2 aromatic rings. The molecule has 0 bridgehead atoms. The zero-order valence-electron chi connectivity index (χ0n) is 12.3. The van der Waals surface area contributed by atoms with Crippen molar-refractivity contribution in [3.8, 4) is 5.75 Å². The molecule has 21 heavy (non-hydrogen) atoms. The molecule has 1 aliphatic rings. The zero-order chi connectivity index (χ0) is 14.8. The molecule has 108 valence electrons. The molecule has 0 radical (unpaired) electrons. The Kier molecular flexibility index (Phi) is 3.65. The number of carbonyl (C=O) groups is 1. The molecule has 3 nitrogen and oxygen atoms in total. The summed E-state index contributed by atoms with van der Waals surface area (Å²) < 4.78 is 5.67. The smallest absolute Gasteiger partial charge is 0.252 e. The van der Waals surface area contributed by atoms with E-state index in [2.05, 4.69) is 18.3 Å². The number of benzene rings is 2. The van der Waals surface area contributed by atoms with Crippen LogP contribution in [0, 0.1) is 13.8 Å². The van der Waals surface area contributed by atoms with Gasteiger partial charge in [-0.3, -0.25) is 4.79 Å². The monoisotopic (exact) mass is 281 g/mol. The molecule has 1 aliphatic heterocycles. The van der Waals surface area contributed by atoms with Crippen LogP contribution in [-0.4, -0.2) is 12.5 Å². The van der Waals surface area contributed by atoms with Crippen molar-refractivity contribution in [2.45, 2.75) is 26.3 Å². The maximum atomic E-state index is 12.5. The van der Waals surface area contributed by atoms with Gasteiger partial charge in [-0.15, -0.1) is 0 Å². The molecule has 3 heteroatoms. The molecular weight excluding hydrogens is 262 g/mol. The summed E-state index contributed by atoms with van der Waals surface area (Å²) in [6.07, 6.45) is 0.800. The third-order valence-corrected chi connectivity index (χ3v) is 3.90. The fourth-order valence-electron chi connectivity index (χ4n) is 2.73. The van der Waals surface area contributed by atoms with Crippen molar-refractivity contribution in [2.75, 3.05) is 6.61 Å². The predicted molar refractivity (Wildman–Crippen MR) is 82.7 cm³/mol. The molecule has 1 heterocycles. The summed E-state index contributed by atoms with van der Waals surface area (Å²) in [5.41, 5.74) is 3.97. The number of nitrogens with one attached hydrogen (secondary N) is 1. The number of fused-ring (bicyclic) bond motifs is 1. The van der Waals surface area contributed by atoms with Gasteiger partial charge in [-0.05, 0) is 31.5 Å². The van der Waals surface area contributed by atoms with Crippen LogP contribution in [0.2, 0.25) is 0 Å². The van der Waals surface area contributed by atoms with Gasteiger partial charge >= 0.3 is 0 Å². The van der Waals surface area contributed by atoms with Gasteiger partial charge in [0.15, 0.2) is 0 Å². The Morgan fingerprint density at radius 3 is 2.81 bits per heavy atom. The second-order valence-corrected chi connectivity index (χ2v) is 5.52. The first-order chi connectivity index (χ1) is 10.1. The van der Waals surface area contributed by atoms with E-state index in [1.165, 1.54) is 5.56 Å². The molecule has 1 atom stereocenters. The lowest BCUT2D eigenvalue weighted by Crippen LogP contribution is -2.32. The van der Waals surface area contributed by atoms with E-state index in [0.717, 1.165) is 28.9 Å². The highest BCUT2D eigenvalue weighted by Gasteiger charge is 2.23. The maximum absolute atomic E-state index is 12.5. The Morgan fingerprint density at radius 2 is 2.00 bits per heavy atom. The Morgan fingerprint density at radius 1 is 1.19 bits per heavy atom. The molecule has 1 N–H and O–H groups in total. The highest BCUT2D eigenvalue weighted by atomic mass is 16.5. The van der Waals surface area contributed by atoms with Crippen LogP contribution in [0.5, 0.6) is 5.75 Å². The van der Waals surface area contributed by atoms with Gasteiger partial charge in [-0.1, -0.05) is 35.9 Å². The van der Waals surface area contributed by atoms with Gasteiger partial charge in [0, 0.05) is 17.5 Å². The summed E-state index contributed by atoms with van der Waals surface area (Å²) in [7, 11) is 0. The van der Waals surface area contributed by atoms with Gasteiger partial charge in [0.05, 0.1) is 12.6 Å². The van der Waals surface area contributed by atoms with E-state index < -0.39 is 0 Å². The quantitative estimate of drug-likeness (QED) is 0.914. The largest absolute Gasteiger partial charge is 0.493 e. The minimum Gasteiger partial charge on any atom is -0.493 e. The van der Waals surface area contributed by atoms with Crippen LogP contribution < -0.4 is 10.1 Å². The first-order valence-electron chi connectivity index (χ1n) is 7.25. The molecule has 0 aromatic heterocycles. The second-order valence-electron chi connectivity index (χ2n) is 5.52. The molecule has 3 rings (SSSR count). The Balaban J connectivity index is 1.85. The van der Waals surface area contributed by atoms with E-state index >= 15 is 0 Å². The van der Waals surface area contributed by atoms with Crippen molar-refractivity contribution < 1.29 is 9.53 Å². The van der Waals surface area contributed by atoms with E-state index in [9.17, 15) is 4.79 Å². The SMILES string of the molecule is Cc1ccc2c(c1)C(NC(=O)c1ccccc1C)CCO2. The molecule has 0 spiro atoms. The highest BCUT2D eigenvalue weighted by molar-refractivity contribution is 5.95. The Bertz CT molecular complexity index is 679. The number of carbonyl (C=O) groups excluding carboxylic acids is 1. The zero-order valence-corrected chi connectivity index (χ0v) is 12.3. The standard InChI is InChI=1S/C18H19NO2/c1-12-7-8-17-15(11-12)16(9-10-21-17)19-18(20)14-6-4-3-5-13(14)2/h3-8,11,16H,9-10H2,1-2H3,(H,19,20). The van der Waals surface area contributed by atoms with Gasteiger partial charge in [-0.2, -0.15) is 0 Å². The normalized spacial score (nSPS) is 16.8. The molecule has 0 saturated heterocycles. The van der Waals surface area contributed by atoms with Gasteiger partial charge < -0.3 is 10.1 Å². The van der Waals surface area contributed by atoms with Crippen LogP contribution in [0.3, 0.4) is 0 Å². The van der Waals surface area contributed by atoms with E-state index in [1.54, 1.807) is 0 Å². The number of aryl methyl sites for hydroxylation is 2. The third kappa shape index (κ3) is 2.77. The van der Waals surface area contributed by atoms with Crippen LogP contribution in [0.25, 0.3) is 0 Å². The molecular formula is C18H19NO2. The fourth-order valence-corrected chi connectivity index (χ4v) is 2.73. The average molecular weight is 281 g/mol. The van der Waals surface area contributed by atoms with Crippen LogP contribution in [0.1, 0.15) is 39.5 Å². The van der Waals surface area contributed by atoms with Crippen LogP contribution >= 0.6 is 0 Å². The Hall–Kier alpha value is -2.29. The van der Waals surface area contributed by atoms with Crippen LogP contribution in [0.4, 0.5) is 0 Å². The number of hydrogen-bond donors (Lipinski definition) is 1. The van der Waals surface area contributed by atoms with E-state index in [1.807, 2.05) is 43.3 Å². The fraction of sp³-hybridized carbons (Fsp3) is 0.278. The number of hydrogen-bond acceptors (Lipinski definition) is 2. The van der Waals surface area contributed by atoms with Crippen LogP contribution in [-0.2, 0) is 0 Å². The van der Waals surface area contributed by atoms with Gasteiger partial charge in [0.2, 0.25) is 0 Å². The van der Waals surface area contributed by atoms with E-state index in [4.69, 9.17) is 4.74 Å². The minimum atomic E-state index is -0.0209. The van der Waals surface area contributed by atoms with E-state index in [-0.39, 0.29) is 11.9 Å². The molecule has 1 unspecified atom stereocenters. The molecule has 0 saturated carbocycles. The Labute approximate surface area is 124 Å². The summed E-state index contributed by atoms with van der Waals surface area (Å²) in [6, 6.07) is 13.8. The second kappa shape index (κ2) is 5.60. The topological polar surface area (TPSA) is 38.3 Å². The number of amides is 1. The van der Waals surface area contributed by atoms with Crippen molar-refractivity contribution in [2.24, 2.45) is 0 Å². The third-order valence-electron chi connectivity index (χ3n) is 3.90. The van der Waals surface area contributed by atoms with Crippen molar-refractivity contribution >= 4 is 5.91 Å². The highest BCUT2D eigenvalue weighted by Crippen LogP contribution is 2.32. The minimum absolute atomic E-state index is 0.0146. The summed E-state index contributed by atoms with van der Waals surface area (Å²) in [4.78, 5) is 12.5. The molecule has 2 aromatic carbocycles. The summed E-state index contributed by atoms with van der Waals surface area (Å²) >= 11 is 0. The van der Waals surface area contributed by atoms with Gasteiger partial charge in [0.1, 0.15) is 5.75 Å². The summed E-state index contributed by atoms with van der Waals surface area (Å²) in [5.74, 6) is 0.856. The number of ether oxygens (including phenoxy) is 1. The van der Waals surface area contributed by atoms with Crippen molar-refractivity contribution in [1.29, 1.82) is 0 Å². The molecule has 1 amide bonds. The lowest BCUT2D eigenvalue weighted by Gasteiger charge is -2.27. The lowest BCUT2D eigenvalue weighted by molar-refractivity contribution is 0.0924. The molecule has 0 aliphatic carbocycles. The van der Waals surface area contributed by atoms with Crippen molar-refractivity contribution in [1.82, 2.24) is 5.32 Å². The summed E-state index contributed by atoms with van der Waals surface area (Å²) in [6.45, 7) is 4.64. The van der Waals surface area contributed by atoms with Crippen LogP contribution in [0.15, 0.2) is 42.5 Å². The molecule has 0 fully saturated rings. The van der Waals surface area contributed by atoms with Gasteiger partial charge in [0.25, 0.3) is 5.91 Å². The summed E-state index contributed by atoms with van der Waals surface area (Å²) in [5, 5.41) is 3.14. The first-order valence-corrected chi connectivity index (χ1v) is 7.25. The predicted octanol–water partition coefficient (Wildman–Crippen LogP) is 3.56. The van der Waals surface area contributed by atoms with Crippen molar-refractivity contribution in [3.05, 3.63) is 64.7 Å². The lowest BCUT2D eigenvalue weighted by atomic mass is 9.98. The van der Waals surface area contributed by atoms with Crippen molar-refractivity contribution in [3.63, 3.8) is 0 Å².